The number of carbonyl (C=O) groups excluding carboxylic acids is 1. The van der Waals surface area contributed by atoms with Gasteiger partial charge < -0.3 is 20.2 Å². The van der Waals surface area contributed by atoms with E-state index in [0.717, 1.165) is 37.4 Å². The van der Waals surface area contributed by atoms with Crippen LogP contribution in [0, 0.1) is 5.92 Å². The second-order valence-electron chi connectivity index (χ2n) is 7.65. The van der Waals surface area contributed by atoms with E-state index in [4.69, 9.17) is 4.99 Å². The van der Waals surface area contributed by atoms with E-state index in [-0.39, 0.29) is 17.4 Å². The number of likely N-dealkylation sites (tertiary alicyclic amines) is 1. The first kappa shape index (κ1) is 22.7. The molecule has 1 aliphatic heterocycles. The minimum absolute atomic E-state index is 0.125. The summed E-state index contributed by atoms with van der Waals surface area (Å²) in [5.74, 6) is -0.161. The summed E-state index contributed by atoms with van der Waals surface area (Å²) in [5, 5.41) is 23.4. The van der Waals surface area contributed by atoms with Gasteiger partial charge in [0, 0.05) is 39.7 Å². The number of para-hydroxylation sites is 2. The lowest BCUT2D eigenvalue weighted by Gasteiger charge is -2.36. The fraction of sp³-hybridized carbons (Fsp3) is 0.381. The lowest BCUT2D eigenvalue weighted by molar-refractivity contribution is -0.825. The quantitative estimate of drug-likeness (QED) is 0.234. The van der Waals surface area contributed by atoms with Crippen LogP contribution in [0.2, 0.25) is 0 Å². The van der Waals surface area contributed by atoms with Crippen molar-refractivity contribution in [2.24, 2.45) is 10.9 Å². The number of guanidine groups is 1. The number of carboxylic acids is 1. The summed E-state index contributed by atoms with van der Waals surface area (Å²) in [7, 11) is 3.87. The monoisotopic (exact) mass is 446 g/mol. The highest BCUT2D eigenvalue weighted by Gasteiger charge is 2.25. The molecule has 0 unspecified atom stereocenters. The third kappa shape index (κ3) is 5.81. The van der Waals surface area contributed by atoms with E-state index in [1.165, 1.54) is 17.4 Å². The molecule has 0 atom stereocenters. The van der Waals surface area contributed by atoms with Crippen LogP contribution in [0.25, 0.3) is 0 Å². The average Bonchev–Trinajstić information content (AvgIpc) is 3.21. The Morgan fingerprint density at radius 1 is 1.26 bits per heavy atom. The van der Waals surface area contributed by atoms with Crippen molar-refractivity contribution in [1.82, 2.24) is 9.80 Å². The zero-order valence-electron chi connectivity index (χ0n) is 17.6. The molecule has 0 saturated carbocycles. The molecular formula is C21H28N5O4S+. The number of benzene rings is 1. The predicted molar refractivity (Wildman–Crippen MR) is 119 cm³/mol. The number of aromatic carboxylic acids is 1. The van der Waals surface area contributed by atoms with Crippen molar-refractivity contribution < 1.29 is 25.4 Å². The molecule has 0 radical (unpaired) electrons. The van der Waals surface area contributed by atoms with Gasteiger partial charge in [0.2, 0.25) is 11.9 Å². The van der Waals surface area contributed by atoms with Gasteiger partial charge in [0.15, 0.2) is 5.69 Å². The van der Waals surface area contributed by atoms with Gasteiger partial charge >= 0.3 is 5.97 Å². The second kappa shape index (κ2) is 10.4. The topological polar surface area (TPSA) is 122 Å². The van der Waals surface area contributed by atoms with Crippen LogP contribution in [0.15, 0.2) is 40.7 Å². The van der Waals surface area contributed by atoms with E-state index in [1.54, 1.807) is 11.4 Å². The fourth-order valence-electron chi connectivity index (χ4n) is 3.61. The molecule has 0 bridgehead atoms. The molecule has 9 nitrogen and oxygen atoms in total. The lowest BCUT2D eigenvalue weighted by atomic mass is 9.93. The smallest absolute Gasteiger partial charge is 0.338 e. The number of nitrogens with two attached hydrogens (primary N) is 1. The number of aliphatic imine (C=N–C) groups is 1. The standard InChI is InChI=1S/C21H27N5O4S/c1-25(2)21(22-16-5-3-4-6-17(16)24-30)26-10-7-14(8-11-26)13-18(27)23-19-15(20(28)29)9-12-31-19/h3-6,9,12,14,24,30H,7-8,10-11,13H2,1-2H3,(H,23,27)(H,28,29)/p+1. The number of rotatable bonds is 6. The van der Waals surface area contributed by atoms with Crippen molar-refractivity contribution >= 4 is 45.5 Å². The number of piperidine rings is 1. The van der Waals surface area contributed by atoms with Crippen molar-refractivity contribution in [2.45, 2.75) is 19.3 Å². The molecule has 0 spiro atoms. The minimum atomic E-state index is -1.04. The number of hydrogen-bond donors (Lipinski definition) is 4. The van der Waals surface area contributed by atoms with E-state index in [0.29, 0.717) is 22.8 Å². The average molecular weight is 447 g/mol. The first-order valence-corrected chi connectivity index (χ1v) is 10.9. The van der Waals surface area contributed by atoms with Crippen LogP contribution in [-0.4, -0.2) is 65.1 Å². The molecule has 2 heterocycles. The molecule has 1 aromatic carbocycles. The van der Waals surface area contributed by atoms with Gasteiger partial charge in [-0.15, -0.1) is 11.3 Å². The summed E-state index contributed by atoms with van der Waals surface area (Å²) in [4.78, 5) is 32.5. The third-order valence-electron chi connectivity index (χ3n) is 5.22. The maximum absolute atomic E-state index is 12.4. The zero-order valence-corrected chi connectivity index (χ0v) is 18.4. The highest BCUT2D eigenvalue weighted by Crippen LogP contribution is 2.27. The van der Waals surface area contributed by atoms with Crippen LogP contribution in [0.3, 0.4) is 0 Å². The highest BCUT2D eigenvalue weighted by atomic mass is 32.1. The zero-order chi connectivity index (χ0) is 22.4. The predicted octanol–water partition coefficient (Wildman–Crippen LogP) is 2.32. The molecule has 0 aliphatic carbocycles. The lowest BCUT2D eigenvalue weighted by Crippen LogP contribution is -2.73. The van der Waals surface area contributed by atoms with Crippen LogP contribution in [0.4, 0.5) is 16.4 Å². The SMILES string of the molecule is CN(C)C(=Nc1ccccc1[NH2+]O)N1CCC(CC(=O)Nc2sccc2C(=O)O)CC1. The summed E-state index contributed by atoms with van der Waals surface area (Å²) >= 11 is 1.22. The summed E-state index contributed by atoms with van der Waals surface area (Å²) in [5.41, 5.74) is 2.53. The summed E-state index contributed by atoms with van der Waals surface area (Å²) in [6.45, 7) is 1.53. The van der Waals surface area contributed by atoms with Gasteiger partial charge in [-0.05, 0) is 36.3 Å². The third-order valence-corrected chi connectivity index (χ3v) is 6.05. The Morgan fingerprint density at radius 3 is 2.61 bits per heavy atom. The van der Waals surface area contributed by atoms with Crippen molar-refractivity contribution in [2.75, 3.05) is 32.5 Å². The number of carbonyl (C=O) groups is 2. The molecule has 3 rings (SSSR count). The molecule has 1 fully saturated rings. The first-order valence-electron chi connectivity index (χ1n) is 10.1. The molecule has 1 amide bonds. The molecule has 1 saturated heterocycles. The molecule has 5 N–H and O–H groups in total. The van der Waals surface area contributed by atoms with Crippen molar-refractivity contribution in [1.29, 1.82) is 0 Å². The Morgan fingerprint density at radius 2 is 1.97 bits per heavy atom. The Kier molecular flexibility index (Phi) is 7.61. The largest absolute Gasteiger partial charge is 0.478 e. The van der Waals surface area contributed by atoms with E-state index in [2.05, 4.69) is 10.2 Å². The summed E-state index contributed by atoms with van der Waals surface area (Å²) < 4.78 is 0. The van der Waals surface area contributed by atoms with Crippen molar-refractivity contribution in [3.05, 3.63) is 41.3 Å². The molecular weight excluding hydrogens is 418 g/mol. The number of hydrogen-bond acceptors (Lipinski definition) is 5. The molecule has 31 heavy (non-hydrogen) atoms. The normalized spacial score (nSPS) is 15.1. The van der Waals surface area contributed by atoms with Crippen LogP contribution in [-0.2, 0) is 4.79 Å². The van der Waals surface area contributed by atoms with Gasteiger partial charge in [0.25, 0.3) is 0 Å². The highest BCUT2D eigenvalue weighted by molar-refractivity contribution is 7.14. The molecule has 10 heteroatoms. The Hall–Kier alpha value is -2.95. The molecule has 1 aromatic heterocycles. The van der Waals surface area contributed by atoms with Crippen LogP contribution < -0.4 is 10.8 Å². The van der Waals surface area contributed by atoms with Gasteiger partial charge in [-0.3, -0.25) is 4.79 Å². The van der Waals surface area contributed by atoms with Crippen molar-refractivity contribution in [3.63, 3.8) is 0 Å². The van der Waals surface area contributed by atoms with Gasteiger partial charge in [0.1, 0.15) is 10.7 Å². The number of carboxylic acid groups (broad SMARTS) is 1. The fourth-order valence-corrected chi connectivity index (χ4v) is 4.41. The second-order valence-corrected chi connectivity index (χ2v) is 8.56. The van der Waals surface area contributed by atoms with Gasteiger partial charge in [-0.1, -0.05) is 12.1 Å². The Balaban J connectivity index is 1.59. The van der Waals surface area contributed by atoms with E-state index >= 15 is 0 Å². The number of nitrogens with zero attached hydrogens (tertiary/aromatic N) is 3. The summed E-state index contributed by atoms with van der Waals surface area (Å²) in [6, 6.07) is 8.89. The first-order chi connectivity index (χ1) is 14.9. The molecule has 166 valence electrons. The van der Waals surface area contributed by atoms with Gasteiger partial charge in [0.05, 0.1) is 5.56 Å². The number of thiophene rings is 1. The van der Waals surface area contributed by atoms with Crippen LogP contribution >= 0.6 is 11.3 Å². The van der Waals surface area contributed by atoms with Crippen LogP contribution in [0.1, 0.15) is 29.6 Å². The Labute approximate surface area is 185 Å². The maximum Gasteiger partial charge on any atom is 0.338 e. The number of quaternary nitrogens is 1. The van der Waals surface area contributed by atoms with Crippen molar-refractivity contribution in [3.8, 4) is 0 Å². The molecule has 1 aliphatic rings. The van der Waals surface area contributed by atoms with E-state index < -0.39 is 5.97 Å². The number of anilines is 1. The maximum atomic E-state index is 12.4. The Bertz CT molecular complexity index is 951. The van der Waals surface area contributed by atoms with E-state index in [1.807, 2.05) is 37.2 Å². The van der Waals surface area contributed by atoms with E-state index in [9.17, 15) is 19.9 Å². The molecule has 2 aromatic rings. The number of nitrogens with one attached hydrogen (secondary N) is 1. The summed E-state index contributed by atoms with van der Waals surface area (Å²) in [6.07, 6.45) is 2.04. The van der Waals surface area contributed by atoms with Gasteiger partial charge in [-0.2, -0.15) is 5.48 Å². The van der Waals surface area contributed by atoms with Gasteiger partial charge in [-0.25, -0.2) is 15.0 Å². The minimum Gasteiger partial charge on any atom is -0.478 e. The number of amides is 1. The van der Waals surface area contributed by atoms with Crippen LogP contribution in [0.5, 0.6) is 0 Å².